The third-order valence-corrected chi connectivity index (χ3v) is 4.54. The maximum Gasteiger partial charge on any atom is 0.0672 e. The largest absolute Gasteiger partial charge is 0.310 e. The van der Waals surface area contributed by atoms with Crippen molar-refractivity contribution in [3.8, 4) is 6.07 Å². The number of hydrogen-bond donors (Lipinski definition) is 1. The summed E-state index contributed by atoms with van der Waals surface area (Å²) in [6.45, 7) is 2.31. The third-order valence-electron chi connectivity index (χ3n) is 4.54. The van der Waals surface area contributed by atoms with Crippen molar-refractivity contribution in [3.63, 3.8) is 0 Å². The standard InChI is InChI=1S/C14H24N2/c1-2-11-6-3-4-8-13(11)16-14-9-5-7-12(14)10-15/h11-14,16H,2-9H2,1H3. The van der Waals surface area contributed by atoms with Crippen LogP contribution in [-0.4, -0.2) is 12.1 Å². The molecule has 4 unspecified atom stereocenters. The van der Waals surface area contributed by atoms with Crippen LogP contribution in [0.5, 0.6) is 0 Å². The van der Waals surface area contributed by atoms with Crippen LogP contribution in [0.1, 0.15) is 58.3 Å². The Kier molecular flexibility index (Phi) is 4.23. The molecule has 4 atom stereocenters. The molecule has 2 aliphatic carbocycles. The molecule has 0 aromatic heterocycles. The lowest BCUT2D eigenvalue weighted by Crippen LogP contribution is -2.45. The molecule has 2 fully saturated rings. The highest BCUT2D eigenvalue weighted by molar-refractivity contribution is 4.98. The Morgan fingerprint density at radius 1 is 1.06 bits per heavy atom. The molecule has 0 aromatic rings. The highest BCUT2D eigenvalue weighted by atomic mass is 15.0. The van der Waals surface area contributed by atoms with E-state index in [1.165, 1.54) is 44.9 Å². The van der Waals surface area contributed by atoms with Gasteiger partial charge in [0.15, 0.2) is 0 Å². The third kappa shape index (κ3) is 2.58. The fourth-order valence-corrected chi connectivity index (χ4v) is 3.50. The van der Waals surface area contributed by atoms with E-state index in [1.807, 2.05) is 0 Å². The van der Waals surface area contributed by atoms with Crippen LogP contribution in [0.2, 0.25) is 0 Å². The number of hydrogen-bond acceptors (Lipinski definition) is 2. The van der Waals surface area contributed by atoms with E-state index in [4.69, 9.17) is 5.26 Å². The summed E-state index contributed by atoms with van der Waals surface area (Å²) in [6, 6.07) is 3.65. The van der Waals surface area contributed by atoms with Gasteiger partial charge >= 0.3 is 0 Å². The first-order valence-corrected chi connectivity index (χ1v) is 7.00. The molecule has 0 bridgehead atoms. The summed E-state index contributed by atoms with van der Waals surface area (Å²) >= 11 is 0. The minimum atomic E-state index is 0.277. The van der Waals surface area contributed by atoms with Crippen molar-refractivity contribution in [2.75, 3.05) is 0 Å². The van der Waals surface area contributed by atoms with Gasteiger partial charge in [-0.15, -0.1) is 0 Å². The first kappa shape index (κ1) is 11.9. The van der Waals surface area contributed by atoms with Crippen molar-refractivity contribution in [3.05, 3.63) is 0 Å². The van der Waals surface area contributed by atoms with Gasteiger partial charge in [0.1, 0.15) is 0 Å². The smallest absolute Gasteiger partial charge is 0.0672 e. The summed E-state index contributed by atoms with van der Waals surface area (Å²) in [6.07, 6.45) is 10.3. The zero-order valence-electron chi connectivity index (χ0n) is 10.4. The molecular formula is C14H24N2. The van der Waals surface area contributed by atoms with Crippen LogP contribution in [0.4, 0.5) is 0 Å². The van der Waals surface area contributed by atoms with Crippen LogP contribution in [0.15, 0.2) is 0 Å². The molecule has 16 heavy (non-hydrogen) atoms. The van der Waals surface area contributed by atoms with Gasteiger partial charge in [-0.3, -0.25) is 0 Å². The summed E-state index contributed by atoms with van der Waals surface area (Å²) in [4.78, 5) is 0. The van der Waals surface area contributed by atoms with Crippen LogP contribution < -0.4 is 5.32 Å². The van der Waals surface area contributed by atoms with Gasteiger partial charge in [0.05, 0.1) is 12.0 Å². The zero-order chi connectivity index (χ0) is 11.4. The SMILES string of the molecule is CCC1CCCCC1NC1CCCC1C#N. The highest BCUT2D eigenvalue weighted by Crippen LogP contribution is 2.31. The summed E-state index contributed by atoms with van der Waals surface area (Å²) < 4.78 is 0. The molecule has 2 rings (SSSR count). The molecule has 0 aromatic carbocycles. The summed E-state index contributed by atoms with van der Waals surface area (Å²) in [5.74, 6) is 1.13. The summed E-state index contributed by atoms with van der Waals surface area (Å²) in [5, 5.41) is 12.9. The fraction of sp³-hybridized carbons (Fsp3) is 0.929. The lowest BCUT2D eigenvalue weighted by Gasteiger charge is -2.34. The maximum absolute atomic E-state index is 9.10. The zero-order valence-corrected chi connectivity index (χ0v) is 10.4. The van der Waals surface area contributed by atoms with Gasteiger partial charge in [-0.05, 0) is 31.6 Å². The van der Waals surface area contributed by atoms with E-state index in [9.17, 15) is 0 Å². The Hall–Kier alpha value is -0.550. The first-order valence-electron chi connectivity index (χ1n) is 7.00. The van der Waals surface area contributed by atoms with Crippen LogP contribution in [0.3, 0.4) is 0 Å². The maximum atomic E-state index is 9.10. The van der Waals surface area contributed by atoms with Gasteiger partial charge in [-0.2, -0.15) is 5.26 Å². The van der Waals surface area contributed by atoms with Gasteiger partial charge in [-0.25, -0.2) is 0 Å². The van der Waals surface area contributed by atoms with E-state index >= 15 is 0 Å². The number of nitriles is 1. The van der Waals surface area contributed by atoms with Crippen LogP contribution >= 0.6 is 0 Å². The van der Waals surface area contributed by atoms with Crippen molar-refractivity contribution in [1.82, 2.24) is 5.32 Å². The Balaban J connectivity index is 1.89. The monoisotopic (exact) mass is 220 g/mol. The predicted octanol–water partition coefficient (Wildman–Crippen LogP) is 3.24. The molecule has 2 saturated carbocycles. The quantitative estimate of drug-likeness (QED) is 0.792. The first-order chi connectivity index (χ1) is 7.85. The van der Waals surface area contributed by atoms with Gasteiger partial charge < -0.3 is 5.32 Å². The molecule has 0 saturated heterocycles. The Morgan fingerprint density at radius 3 is 2.56 bits per heavy atom. The van der Waals surface area contributed by atoms with Crippen molar-refractivity contribution in [1.29, 1.82) is 5.26 Å². The Bertz CT molecular complexity index is 256. The molecule has 0 aliphatic heterocycles. The van der Waals surface area contributed by atoms with Gasteiger partial charge in [0, 0.05) is 12.1 Å². The van der Waals surface area contributed by atoms with E-state index in [0.717, 1.165) is 12.3 Å². The molecule has 0 heterocycles. The van der Waals surface area contributed by atoms with E-state index in [2.05, 4.69) is 18.3 Å². The second-order valence-electron chi connectivity index (χ2n) is 5.50. The number of rotatable bonds is 3. The molecular weight excluding hydrogens is 196 g/mol. The normalized spacial score (nSPS) is 39.5. The van der Waals surface area contributed by atoms with Crippen molar-refractivity contribution >= 4 is 0 Å². The molecule has 2 heteroatoms. The second-order valence-corrected chi connectivity index (χ2v) is 5.50. The minimum Gasteiger partial charge on any atom is -0.310 e. The fourth-order valence-electron chi connectivity index (χ4n) is 3.50. The van der Waals surface area contributed by atoms with Crippen molar-refractivity contribution < 1.29 is 0 Å². The van der Waals surface area contributed by atoms with Gasteiger partial charge in [-0.1, -0.05) is 32.6 Å². The average Bonchev–Trinajstić information content (AvgIpc) is 2.77. The van der Waals surface area contributed by atoms with Gasteiger partial charge in [0.25, 0.3) is 0 Å². The molecule has 0 spiro atoms. The molecule has 2 nitrogen and oxygen atoms in total. The Labute approximate surface area is 99.4 Å². The van der Waals surface area contributed by atoms with Gasteiger partial charge in [0.2, 0.25) is 0 Å². The molecule has 0 radical (unpaired) electrons. The molecule has 2 aliphatic rings. The molecule has 1 N–H and O–H groups in total. The van der Waals surface area contributed by atoms with E-state index < -0.39 is 0 Å². The van der Waals surface area contributed by atoms with E-state index in [1.54, 1.807) is 0 Å². The summed E-state index contributed by atoms with van der Waals surface area (Å²) in [7, 11) is 0. The topological polar surface area (TPSA) is 35.8 Å². The predicted molar refractivity (Wildman–Crippen MR) is 65.9 cm³/mol. The summed E-state index contributed by atoms with van der Waals surface area (Å²) in [5.41, 5.74) is 0. The van der Waals surface area contributed by atoms with Crippen LogP contribution in [-0.2, 0) is 0 Å². The minimum absolute atomic E-state index is 0.277. The Morgan fingerprint density at radius 2 is 1.81 bits per heavy atom. The number of nitrogens with one attached hydrogen (secondary N) is 1. The highest BCUT2D eigenvalue weighted by Gasteiger charge is 2.32. The van der Waals surface area contributed by atoms with Crippen LogP contribution in [0, 0.1) is 23.2 Å². The van der Waals surface area contributed by atoms with Crippen molar-refractivity contribution in [2.24, 2.45) is 11.8 Å². The van der Waals surface area contributed by atoms with Crippen LogP contribution in [0.25, 0.3) is 0 Å². The molecule has 0 amide bonds. The molecule has 90 valence electrons. The number of nitrogens with zero attached hydrogens (tertiary/aromatic N) is 1. The van der Waals surface area contributed by atoms with E-state index in [-0.39, 0.29) is 5.92 Å². The van der Waals surface area contributed by atoms with Crippen molar-refractivity contribution in [2.45, 2.75) is 70.4 Å². The average molecular weight is 220 g/mol. The van der Waals surface area contributed by atoms with E-state index in [0.29, 0.717) is 12.1 Å². The lowest BCUT2D eigenvalue weighted by molar-refractivity contribution is 0.229. The second kappa shape index (κ2) is 5.68. The lowest BCUT2D eigenvalue weighted by atomic mass is 9.82.